The number of carbonyl (C=O) groups excluding carboxylic acids is 2. The van der Waals surface area contributed by atoms with Gasteiger partial charge in [0.25, 0.3) is 0 Å². The van der Waals surface area contributed by atoms with Gasteiger partial charge in [0.15, 0.2) is 0 Å². The lowest BCUT2D eigenvalue weighted by Gasteiger charge is -2.13. The number of ether oxygens (including phenoxy) is 1. The molecule has 0 aliphatic carbocycles. The molecule has 1 atom stereocenters. The minimum absolute atomic E-state index is 0.244. The van der Waals surface area contributed by atoms with Gasteiger partial charge in [0.05, 0.1) is 18.7 Å². The molecule has 0 saturated carbocycles. The molecule has 0 fully saturated rings. The number of hydrogen-bond donors (Lipinski definition) is 2. The number of amides is 1. The van der Waals surface area contributed by atoms with Crippen LogP contribution in [0.3, 0.4) is 0 Å². The summed E-state index contributed by atoms with van der Waals surface area (Å²) in [5.74, 6) is -0.680. The van der Waals surface area contributed by atoms with Crippen molar-refractivity contribution in [2.24, 2.45) is 5.73 Å². The van der Waals surface area contributed by atoms with Crippen molar-refractivity contribution in [3.63, 3.8) is 0 Å². The van der Waals surface area contributed by atoms with Crippen LogP contribution in [0.25, 0.3) is 0 Å². The standard InChI is InChI=1S/C14H20N2O3/c1-4-5-11(15)13(17)16-12-8-10(14(18)19-3)7-6-9(12)2/h6-8,11H,4-5,15H2,1-3H3,(H,16,17)/t11-/m1/s1. The summed E-state index contributed by atoms with van der Waals surface area (Å²) in [7, 11) is 1.32. The van der Waals surface area contributed by atoms with Crippen LogP contribution >= 0.6 is 0 Å². The van der Waals surface area contributed by atoms with Gasteiger partial charge in [-0.05, 0) is 31.0 Å². The highest BCUT2D eigenvalue weighted by atomic mass is 16.5. The predicted octanol–water partition coefficient (Wildman–Crippen LogP) is 1.85. The maximum atomic E-state index is 11.9. The fraction of sp³-hybridized carbons (Fsp3) is 0.429. The van der Waals surface area contributed by atoms with Gasteiger partial charge >= 0.3 is 5.97 Å². The lowest BCUT2D eigenvalue weighted by atomic mass is 10.1. The minimum Gasteiger partial charge on any atom is -0.465 e. The zero-order chi connectivity index (χ0) is 14.4. The molecule has 0 saturated heterocycles. The minimum atomic E-state index is -0.536. The second-order valence-electron chi connectivity index (χ2n) is 4.41. The number of rotatable bonds is 5. The summed E-state index contributed by atoms with van der Waals surface area (Å²) in [4.78, 5) is 23.3. The molecule has 104 valence electrons. The SMILES string of the molecule is CCC[C@@H](N)C(=O)Nc1cc(C(=O)OC)ccc1C. The number of benzene rings is 1. The van der Waals surface area contributed by atoms with Gasteiger partial charge in [0, 0.05) is 5.69 Å². The van der Waals surface area contributed by atoms with E-state index in [1.807, 2.05) is 13.8 Å². The van der Waals surface area contributed by atoms with E-state index in [0.29, 0.717) is 17.7 Å². The van der Waals surface area contributed by atoms with Gasteiger partial charge in [-0.1, -0.05) is 19.4 Å². The summed E-state index contributed by atoms with van der Waals surface area (Å²) in [6, 6.07) is 4.47. The van der Waals surface area contributed by atoms with E-state index in [4.69, 9.17) is 5.73 Å². The predicted molar refractivity (Wildman–Crippen MR) is 74.0 cm³/mol. The number of hydrogen-bond acceptors (Lipinski definition) is 4. The maximum absolute atomic E-state index is 11.9. The number of carbonyl (C=O) groups is 2. The third-order valence-electron chi connectivity index (χ3n) is 2.85. The van der Waals surface area contributed by atoms with E-state index in [2.05, 4.69) is 10.1 Å². The van der Waals surface area contributed by atoms with Gasteiger partial charge in [-0.3, -0.25) is 4.79 Å². The number of aryl methyl sites for hydroxylation is 1. The molecule has 0 radical (unpaired) electrons. The summed E-state index contributed by atoms with van der Waals surface area (Å²) in [5, 5.41) is 2.74. The van der Waals surface area contributed by atoms with Crippen molar-refractivity contribution < 1.29 is 14.3 Å². The van der Waals surface area contributed by atoms with E-state index in [0.717, 1.165) is 12.0 Å². The fourth-order valence-electron chi connectivity index (χ4n) is 1.67. The zero-order valence-electron chi connectivity index (χ0n) is 11.5. The highest BCUT2D eigenvalue weighted by molar-refractivity contribution is 5.97. The highest BCUT2D eigenvalue weighted by Gasteiger charge is 2.14. The smallest absolute Gasteiger partial charge is 0.337 e. The Labute approximate surface area is 113 Å². The average Bonchev–Trinajstić information content (AvgIpc) is 2.40. The maximum Gasteiger partial charge on any atom is 0.337 e. The molecule has 5 heteroatoms. The van der Waals surface area contributed by atoms with Crippen LogP contribution in [0.5, 0.6) is 0 Å². The Kier molecular flexibility index (Phi) is 5.51. The zero-order valence-corrected chi connectivity index (χ0v) is 11.5. The molecule has 0 aromatic heterocycles. The van der Waals surface area contributed by atoms with Crippen LogP contribution < -0.4 is 11.1 Å². The molecule has 1 amide bonds. The summed E-state index contributed by atoms with van der Waals surface area (Å²) in [6.07, 6.45) is 1.47. The molecule has 0 aliphatic heterocycles. The molecule has 19 heavy (non-hydrogen) atoms. The lowest BCUT2D eigenvalue weighted by Crippen LogP contribution is -2.35. The molecule has 0 heterocycles. The van der Waals surface area contributed by atoms with Crippen molar-refractivity contribution >= 4 is 17.6 Å². The Hall–Kier alpha value is -1.88. The molecule has 0 bridgehead atoms. The largest absolute Gasteiger partial charge is 0.465 e. The second kappa shape index (κ2) is 6.89. The van der Waals surface area contributed by atoms with Crippen LogP contribution in [0.4, 0.5) is 5.69 Å². The Balaban J connectivity index is 2.88. The fourth-order valence-corrected chi connectivity index (χ4v) is 1.67. The summed E-state index contributed by atoms with van der Waals surface area (Å²) in [6.45, 7) is 3.82. The number of nitrogens with one attached hydrogen (secondary N) is 1. The first kappa shape index (κ1) is 15.2. The summed E-state index contributed by atoms with van der Waals surface area (Å²) < 4.78 is 4.65. The number of anilines is 1. The number of esters is 1. The Morgan fingerprint density at radius 1 is 1.42 bits per heavy atom. The number of methoxy groups -OCH3 is 1. The average molecular weight is 264 g/mol. The Morgan fingerprint density at radius 3 is 2.68 bits per heavy atom. The van der Waals surface area contributed by atoms with Crippen molar-refractivity contribution in [2.75, 3.05) is 12.4 Å². The molecular formula is C14H20N2O3. The molecular weight excluding hydrogens is 244 g/mol. The monoisotopic (exact) mass is 264 g/mol. The van der Waals surface area contributed by atoms with Gasteiger partial charge in [-0.2, -0.15) is 0 Å². The van der Waals surface area contributed by atoms with Gasteiger partial charge in [-0.25, -0.2) is 4.79 Å². The van der Waals surface area contributed by atoms with Crippen molar-refractivity contribution in [1.29, 1.82) is 0 Å². The van der Waals surface area contributed by atoms with E-state index < -0.39 is 12.0 Å². The van der Waals surface area contributed by atoms with Crippen LogP contribution in [0.1, 0.15) is 35.7 Å². The van der Waals surface area contributed by atoms with Crippen molar-refractivity contribution in [1.82, 2.24) is 0 Å². The quantitative estimate of drug-likeness (QED) is 0.795. The molecule has 5 nitrogen and oxygen atoms in total. The Bertz CT molecular complexity index is 472. The van der Waals surface area contributed by atoms with Crippen molar-refractivity contribution in [2.45, 2.75) is 32.7 Å². The first-order chi connectivity index (χ1) is 8.99. The van der Waals surface area contributed by atoms with Gasteiger partial charge in [0.2, 0.25) is 5.91 Å². The first-order valence-electron chi connectivity index (χ1n) is 6.25. The summed E-state index contributed by atoms with van der Waals surface area (Å²) >= 11 is 0. The van der Waals surface area contributed by atoms with Gasteiger partial charge < -0.3 is 15.8 Å². The first-order valence-corrected chi connectivity index (χ1v) is 6.25. The van der Waals surface area contributed by atoms with E-state index >= 15 is 0 Å². The van der Waals surface area contributed by atoms with E-state index in [1.54, 1.807) is 18.2 Å². The molecule has 0 aliphatic rings. The van der Waals surface area contributed by atoms with E-state index in [1.165, 1.54) is 7.11 Å². The topological polar surface area (TPSA) is 81.4 Å². The van der Waals surface area contributed by atoms with Crippen LogP contribution in [-0.4, -0.2) is 25.0 Å². The number of nitrogens with two attached hydrogens (primary N) is 1. The van der Waals surface area contributed by atoms with Gasteiger partial charge in [0.1, 0.15) is 0 Å². The Morgan fingerprint density at radius 2 is 2.11 bits per heavy atom. The molecule has 1 aromatic rings. The van der Waals surface area contributed by atoms with Gasteiger partial charge in [-0.15, -0.1) is 0 Å². The van der Waals surface area contributed by atoms with Crippen LogP contribution in [0.15, 0.2) is 18.2 Å². The third kappa shape index (κ3) is 4.06. The molecule has 1 aromatic carbocycles. The molecule has 0 unspecified atom stereocenters. The van der Waals surface area contributed by atoms with E-state index in [-0.39, 0.29) is 5.91 Å². The van der Waals surface area contributed by atoms with Crippen molar-refractivity contribution in [3.05, 3.63) is 29.3 Å². The van der Waals surface area contributed by atoms with Crippen LogP contribution in [-0.2, 0) is 9.53 Å². The summed E-state index contributed by atoms with van der Waals surface area (Å²) in [5.41, 5.74) is 7.59. The lowest BCUT2D eigenvalue weighted by molar-refractivity contribution is -0.117. The third-order valence-corrected chi connectivity index (χ3v) is 2.85. The molecule has 0 spiro atoms. The van der Waals surface area contributed by atoms with E-state index in [9.17, 15) is 9.59 Å². The van der Waals surface area contributed by atoms with Crippen LogP contribution in [0.2, 0.25) is 0 Å². The highest BCUT2D eigenvalue weighted by Crippen LogP contribution is 2.18. The second-order valence-corrected chi connectivity index (χ2v) is 4.41. The van der Waals surface area contributed by atoms with Crippen LogP contribution in [0, 0.1) is 6.92 Å². The molecule has 1 rings (SSSR count). The van der Waals surface area contributed by atoms with Crippen molar-refractivity contribution in [3.8, 4) is 0 Å². The normalized spacial score (nSPS) is 11.8. The molecule has 3 N–H and O–H groups in total.